The summed E-state index contributed by atoms with van der Waals surface area (Å²) in [4.78, 5) is 16.1. The van der Waals surface area contributed by atoms with Crippen LogP contribution in [0.25, 0.3) is 22.4 Å². The molecule has 0 fully saturated rings. The number of hydrazine groups is 1. The fourth-order valence-corrected chi connectivity index (χ4v) is 3.32. The molecule has 0 spiro atoms. The Morgan fingerprint density at radius 2 is 1.86 bits per heavy atom. The van der Waals surface area contributed by atoms with Gasteiger partial charge in [0.25, 0.3) is 0 Å². The molecule has 1 aliphatic heterocycles. The second-order valence-corrected chi connectivity index (χ2v) is 6.54. The van der Waals surface area contributed by atoms with E-state index in [1.165, 1.54) is 19.2 Å². The minimum Gasteiger partial charge on any atom is -0.468 e. The third-order valence-corrected chi connectivity index (χ3v) is 4.85. The molecule has 1 aliphatic rings. The van der Waals surface area contributed by atoms with E-state index in [0.717, 1.165) is 28.2 Å². The number of methoxy groups -OCH3 is 1. The number of fused-ring (bicyclic) bond motifs is 1. The molecule has 1 aromatic carbocycles. The number of esters is 1. The fourth-order valence-electron chi connectivity index (χ4n) is 3.32. The number of nitrogens with one attached hydrogen (secondary N) is 1. The highest BCUT2D eigenvalue weighted by atomic mass is 19.1. The zero-order chi connectivity index (χ0) is 19.7. The molecule has 3 aromatic rings. The van der Waals surface area contributed by atoms with Crippen molar-refractivity contribution in [2.24, 2.45) is 0 Å². The SMILES string of the molecule is COC(=O)C(C)N1CCn2nc(-c3ccc(F)cc3)c(-c3ccncc3)c2N1. The van der Waals surface area contributed by atoms with Crippen molar-refractivity contribution in [3.63, 3.8) is 0 Å². The Hall–Kier alpha value is -3.26. The van der Waals surface area contributed by atoms with Crippen LogP contribution in [-0.2, 0) is 16.1 Å². The summed E-state index contributed by atoms with van der Waals surface area (Å²) < 4.78 is 20.1. The van der Waals surface area contributed by atoms with Crippen LogP contribution in [0.4, 0.5) is 10.2 Å². The lowest BCUT2D eigenvalue weighted by Gasteiger charge is -2.33. The summed E-state index contributed by atoms with van der Waals surface area (Å²) in [6, 6.07) is 9.61. The Bertz CT molecular complexity index is 988. The number of carbonyl (C=O) groups excluding carboxylic acids is 1. The van der Waals surface area contributed by atoms with Crippen molar-refractivity contribution in [3.05, 3.63) is 54.6 Å². The van der Waals surface area contributed by atoms with Gasteiger partial charge in [-0.05, 0) is 48.9 Å². The van der Waals surface area contributed by atoms with Crippen molar-refractivity contribution in [2.75, 3.05) is 19.1 Å². The molecule has 1 unspecified atom stereocenters. The molecule has 0 radical (unpaired) electrons. The van der Waals surface area contributed by atoms with Gasteiger partial charge in [0.05, 0.1) is 19.2 Å². The van der Waals surface area contributed by atoms with Crippen LogP contribution in [0.5, 0.6) is 0 Å². The van der Waals surface area contributed by atoms with E-state index in [4.69, 9.17) is 9.84 Å². The van der Waals surface area contributed by atoms with E-state index in [1.807, 2.05) is 21.8 Å². The lowest BCUT2D eigenvalue weighted by molar-refractivity contribution is -0.146. The maximum atomic E-state index is 13.4. The maximum Gasteiger partial charge on any atom is 0.324 e. The topological polar surface area (TPSA) is 72.3 Å². The second kappa shape index (κ2) is 7.40. The lowest BCUT2D eigenvalue weighted by Crippen LogP contribution is -2.48. The lowest BCUT2D eigenvalue weighted by atomic mass is 10.0. The van der Waals surface area contributed by atoms with Crippen LogP contribution in [0.15, 0.2) is 48.8 Å². The predicted molar refractivity (Wildman–Crippen MR) is 103 cm³/mol. The van der Waals surface area contributed by atoms with Gasteiger partial charge >= 0.3 is 5.97 Å². The number of rotatable bonds is 4. The first-order valence-electron chi connectivity index (χ1n) is 8.96. The number of hydrogen-bond acceptors (Lipinski definition) is 6. The molecule has 28 heavy (non-hydrogen) atoms. The fraction of sp³-hybridized carbons (Fsp3) is 0.250. The quantitative estimate of drug-likeness (QED) is 0.701. The number of carbonyl (C=O) groups is 1. The Morgan fingerprint density at radius 1 is 1.14 bits per heavy atom. The highest BCUT2D eigenvalue weighted by molar-refractivity contribution is 5.89. The van der Waals surface area contributed by atoms with Crippen LogP contribution in [0.2, 0.25) is 0 Å². The molecule has 2 aromatic heterocycles. The third kappa shape index (κ3) is 3.22. The number of anilines is 1. The molecule has 7 nitrogen and oxygen atoms in total. The van der Waals surface area contributed by atoms with Gasteiger partial charge in [-0.2, -0.15) is 5.10 Å². The van der Waals surface area contributed by atoms with Crippen molar-refractivity contribution in [1.29, 1.82) is 0 Å². The zero-order valence-corrected chi connectivity index (χ0v) is 15.6. The number of nitrogens with zero attached hydrogens (tertiary/aromatic N) is 4. The van der Waals surface area contributed by atoms with E-state index in [-0.39, 0.29) is 11.8 Å². The largest absolute Gasteiger partial charge is 0.468 e. The summed E-state index contributed by atoms with van der Waals surface area (Å²) in [5.74, 6) is 0.159. The van der Waals surface area contributed by atoms with E-state index in [2.05, 4.69) is 10.4 Å². The molecular formula is C20H20FN5O2. The molecule has 0 saturated heterocycles. The van der Waals surface area contributed by atoms with Crippen molar-refractivity contribution in [2.45, 2.75) is 19.5 Å². The van der Waals surface area contributed by atoms with Crippen LogP contribution in [0, 0.1) is 5.82 Å². The van der Waals surface area contributed by atoms with Crippen LogP contribution in [0.1, 0.15) is 6.92 Å². The van der Waals surface area contributed by atoms with E-state index in [0.29, 0.717) is 13.1 Å². The smallest absolute Gasteiger partial charge is 0.324 e. The Kier molecular flexibility index (Phi) is 4.79. The summed E-state index contributed by atoms with van der Waals surface area (Å²) >= 11 is 0. The van der Waals surface area contributed by atoms with E-state index in [9.17, 15) is 9.18 Å². The van der Waals surface area contributed by atoms with Crippen molar-refractivity contribution in [3.8, 4) is 22.4 Å². The Labute approximate surface area is 161 Å². The van der Waals surface area contributed by atoms with Crippen molar-refractivity contribution < 1.29 is 13.9 Å². The van der Waals surface area contributed by atoms with Gasteiger partial charge < -0.3 is 10.2 Å². The highest BCUT2D eigenvalue weighted by Crippen LogP contribution is 2.39. The van der Waals surface area contributed by atoms with Gasteiger partial charge in [-0.25, -0.2) is 14.1 Å². The van der Waals surface area contributed by atoms with Gasteiger partial charge in [0.15, 0.2) is 0 Å². The Morgan fingerprint density at radius 3 is 2.54 bits per heavy atom. The van der Waals surface area contributed by atoms with Crippen LogP contribution in [-0.4, -0.2) is 45.4 Å². The molecule has 1 N–H and O–H groups in total. The molecule has 0 saturated carbocycles. The van der Waals surface area contributed by atoms with Gasteiger partial charge in [0.2, 0.25) is 0 Å². The molecule has 4 rings (SSSR count). The van der Waals surface area contributed by atoms with Crippen LogP contribution >= 0.6 is 0 Å². The summed E-state index contributed by atoms with van der Waals surface area (Å²) in [6.07, 6.45) is 3.43. The van der Waals surface area contributed by atoms with Gasteiger partial charge in [-0.3, -0.25) is 9.78 Å². The number of ether oxygens (including phenoxy) is 1. The summed E-state index contributed by atoms with van der Waals surface area (Å²) in [5.41, 5.74) is 6.66. The first-order chi connectivity index (χ1) is 13.6. The number of halogens is 1. The first-order valence-corrected chi connectivity index (χ1v) is 8.96. The minimum absolute atomic E-state index is 0.297. The van der Waals surface area contributed by atoms with Gasteiger partial charge in [0.1, 0.15) is 23.4 Å². The van der Waals surface area contributed by atoms with Gasteiger partial charge in [-0.1, -0.05) is 0 Å². The zero-order valence-electron chi connectivity index (χ0n) is 15.6. The van der Waals surface area contributed by atoms with Crippen molar-refractivity contribution >= 4 is 11.8 Å². The number of benzene rings is 1. The monoisotopic (exact) mass is 381 g/mol. The number of aromatic nitrogens is 3. The average molecular weight is 381 g/mol. The highest BCUT2D eigenvalue weighted by Gasteiger charge is 2.30. The third-order valence-electron chi connectivity index (χ3n) is 4.85. The molecule has 0 bridgehead atoms. The maximum absolute atomic E-state index is 13.4. The minimum atomic E-state index is -0.451. The normalized spacial score (nSPS) is 14.8. The Balaban J connectivity index is 1.81. The van der Waals surface area contributed by atoms with Gasteiger partial charge in [-0.15, -0.1) is 0 Å². The van der Waals surface area contributed by atoms with Crippen molar-refractivity contribution in [1.82, 2.24) is 19.8 Å². The molecular weight excluding hydrogens is 361 g/mol. The van der Waals surface area contributed by atoms with E-state index >= 15 is 0 Å². The summed E-state index contributed by atoms with van der Waals surface area (Å²) in [7, 11) is 1.38. The van der Waals surface area contributed by atoms with Gasteiger partial charge in [0, 0.05) is 24.5 Å². The molecule has 1 atom stereocenters. The van der Waals surface area contributed by atoms with Crippen LogP contribution < -0.4 is 5.43 Å². The molecule has 0 amide bonds. The first kappa shape index (κ1) is 18.1. The predicted octanol–water partition coefficient (Wildman–Crippen LogP) is 2.96. The summed E-state index contributed by atoms with van der Waals surface area (Å²) in [5, 5.41) is 6.59. The number of pyridine rings is 1. The molecule has 8 heteroatoms. The molecule has 3 heterocycles. The van der Waals surface area contributed by atoms with E-state index in [1.54, 1.807) is 31.5 Å². The second-order valence-electron chi connectivity index (χ2n) is 6.54. The number of hydrogen-bond donors (Lipinski definition) is 1. The van der Waals surface area contributed by atoms with Crippen LogP contribution in [0.3, 0.4) is 0 Å². The molecule has 144 valence electrons. The summed E-state index contributed by atoms with van der Waals surface area (Å²) in [6.45, 7) is 2.98. The standard InChI is InChI=1S/C20H20FN5O2/c1-13(20(27)28-2)25-11-12-26-19(24-25)17(14-7-9-22-10-8-14)18(23-26)15-3-5-16(21)6-4-15/h3-10,13,24H,11-12H2,1-2H3. The molecule has 0 aliphatic carbocycles. The van der Waals surface area contributed by atoms with E-state index < -0.39 is 6.04 Å². The average Bonchev–Trinajstić information content (AvgIpc) is 3.12.